The van der Waals surface area contributed by atoms with Crippen molar-refractivity contribution in [2.75, 3.05) is 46.2 Å². The van der Waals surface area contributed by atoms with Crippen LogP contribution >= 0.6 is 0 Å². The summed E-state index contributed by atoms with van der Waals surface area (Å²) in [6.45, 7) is -7.88. The molecule has 0 rings (SSSR count). The van der Waals surface area contributed by atoms with E-state index >= 15 is 0 Å². The Bertz CT molecular complexity index is 546. The summed E-state index contributed by atoms with van der Waals surface area (Å²) >= 11 is 0. The molecule has 16 N–H and O–H groups in total. The molecule has 39 heavy (non-hydrogen) atoms. The fourth-order valence-corrected chi connectivity index (χ4v) is 5.76. The number of aliphatic hydroxyl groups excluding tert-OH is 13. The van der Waals surface area contributed by atoms with Crippen LogP contribution in [0, 0.1) is 5.41 Å². The van der Waals surface area contributed by atoms with Gasteiger partial charge in [0.25, 0.3) is 0 Å². The van der Waals surface area contributed by atoms with Crippen molar-refractivity contribution in [2.45, 2.75) is 92.0 Å². The highest BCUT2D eigenvalue weighted by Crippen LogP contribution is 2.59. The topological polar surface area (TPSA) is 324 Å². The van der Waals surface area contributed by atoms with Crippen molar-refractivity contribution in [2.24, 2.45) is 5.41 Å². The van der Waals surface area contributed by atoms with E-state index in [9.17, 15) is 81.7 Å². The van der Waals surface area contributed by atoms with E-state index in [1.54, 1.807) is 0 Å². The molecule has 0 aromatic rings. The van der Waals surface area contributed by atoms with Crippen LogP contribution in [0.1, 0.15) is 38.5 Å². The smallest absolute Gasteiger partial charge is 0.0832 e. The van der Waals surface area contributed by atoms with Crippen LogP contribution in [0.3, 0.4) is 0 Å². The van der Waals surface area contributed by atoms with E-state index in [2.05, 4.69) is 0 Å². The van der Waals surface area contributed by atoms with E-state index in [1.165, 1.54) is 0 Å². The summed E-state index contributed by atoms with van der Waals surface area (Å²) in [5, 5.41) is 166. The first kappa shape index (κ1) is 38.4. The minimum absolute atomic E-state index is 1.05. The summed E-state index contributed by atoms with van der Waals surface area (Å²) in [6, 6.07) is 0. The molecule has 0 aromatic heterocycles. The van der Waals surface area contributed by atoms with Crippen LogP contribution in [0.25, 0.3) is 0 Å². The quantitative estimate of drug-likeness (QED) is 0.0565. The number of hydrogen-bond acceptors (Lipinski definition) is 16. The van der Waals surface area contributed by atoms with Gasteiger partial charge in [0.15, 0.2) is 0 Å². The molecule has 0 amide bonds. The van der Waals surface area contributed by atoms with E-state index in [4.69, 9.17) is 0 Å². The van der Waals surface area contributed by atoms with Crippen LogP contribution in [0.5, 0.6) is 0 Å². The molecule has 0 spiro atoms. The minimum atomic E-state index is -3.11. The first-order valence-corrected chi connectivity index (χ1v) is 12.6. The van der Waals surface area contributed by atoms with E-state index < -0.39 is 144 Å². The summed E-state index contributed by atoms with van der Waals surface area (Å²) in [4.78, 5) is 0. The Balaban J connectivity index is 8.02. The van der Waals surface area contributed by atoms with Crippen molar-refractivity contribution in [1.82, 2.24) is 0 Å². The molecule has 6 atom stereocenters. The summed E-state index contributed by atoms with van der Waals surface area (Å²) in [6.07, 6.45) is -17.8. The van der Waals surface area contributed by atoms with Gasteiger partial charge < -0.3 is 81.7 Å². The predicted molar refractivity (Wildman–Crippen MR) is 131 cm³/mol. The third kappa shape index (κ3) is 9.17. The molecule has 6 unspecified atom stereocenters. The van der Waals surface area contributed by atoms with Gasteiger partial charge in [-0.05, 0) is 0 Å². The standard InChI is InChI=1S/C23H48O16/c24-7-14(31)1-20(37,2-15(32)8-25)23(13-30,21(38,3-16(33)9-26)4-17(34)10-27)22(39,5-18(35)11-28)6-19(36)12-29/h14-19,24-39H,1-13H2. The zero-order valence-corrected chi connectivity index (χ0v) is 21.8. The SMILES string of the molecule is OCC(O)CC(O)(CC(O)CO)C(CO)(C(O)(CC(O)CO)CC(O)CO)C(O)(CC(O)CO)CC(O)CO. The number of hydrogen-bond donors (Lipinski definition) is 16. The summed E-state index contributed by atoms with van der Waals surface area (Å²) in [5.74, 6) is 0. The molecule has 16 nitrogen and oxygen atoms in total. The first-order chi connectivity index (χ1) is 18.0. The highest BCUT2D eigenvalue weighted by atomic mass is 16.4. The fourth-order valence-electron chi connectivity index (χ4n) is 5.76. The predicted octanol–water partition coefficient (Wildman–Crippen LogP) is -7.38. The lowest BCUT2D eigenvalue weighted by Gasteiger charge is -2.63. The zero-order chi connectivity index (χ0) is 30.7. The molecule has 0 aliphatic heterocycles. The van der Waals surface area contributed by atoms with Crippen molar-refractivity contribution in [1.29, 1.82) is 0 Å². The van der Waals surface area contributed by atoms with E-state index in [-0.39, 0.29) is 0 Å². The van der Waals surface area contributed by atoms with Crippen LogP contribution in [-0.2, 0) is 0 Å². The zero-order valence-electron chi connectivity index (χ0n) is 21.8. The molecule has 16 heteroatoms. The maximum Gasteiger partial charge on any atom is 0.0832 e. The van der Waals surface area contributed by atoms with Gasteiger partial charge in [0.05, 0.1) is 105 Å². The Morgan fingerprint density at radius 1 is 0.333 bits per heavy atom. The monoisotopic (exact) mass is 580 g/mol. The molecule has 236 valence electrons. The van der Waals surface area contributed by atoms with Gasteiger partial charge in [-0.25, -0.2) is 0 Å². The van der Waals surface area contributed by atoms with Crippen molar-refractivity contribution >= 4 is 0 Å². The molecule has 0 aliphatic carbocycles. The minimum Gasteiger partial charge on any atom is -0.395 e. The van der Waals surface area contributed by atoms with Crippen molar-refractivity contribution in [3.05, 3.63) is 0 Å². The van der Waals surface area contributed by atoms with Crippen molar-refractivity contribution in [3.63, 3.8) is 0 Å². The van der Waals surface area contributed by atoms with E-state index in [1.807, 2.05) is 0 Å². The summed E-state index contributed by atoms with van der Waals surface area (Å²) in [5.41, 5.74) is -12.2. The van der Waals surface area contributed by atoms with Gasteiger partial charge in [-0.1, -0.05) is 0 Å². The summed E-state index contributed by atoms with van der Waals surface area (Å²) in [7, 11) is 0. The van der Waals surface area contributed by atoms with E-state index in [0.717, 1.165) is 0 Å². The van der Waals surface area contributed by atoms with Crippen molar-refractivity contribution in [3.8, 4) is 0 Å². The highest BCUT2D eigenvalue weighted by Gasteiger charge is 2.72. The van der Waals surface area contributed by atoms with Crippen molar-refractivity contribution < 1.29 is 81.7 Å². The molecule has 0 fully saturated rings. The highest BCUT2D eigenvalue weighted by molar-refractivity contribution is 5.21. The van der Waals surface area contributed by atoms with Crippen LogP contribution in [-0.4, -0.2) is 181 Å². The Morgan fingerprint density at radius 2 is 0.487 bits per heavy atom. The molecular weight excluding hydrogens is 532 g/mol. The second-order valence-electron chi connectivity index (χ2n) is 10.4. The van der Waals surface area contributed by atoms with Gasteiger partial charge in [-0.2, -0.15) is 0 Å². The molecule has 0 radical (unpaired) electrons. The molecule has 0 bridgehead atoms. The molecule has 0 saturated carbocycles. The molecular formula is C23H48O16. The number of aliphatic hydroxyl groups is 16. The third-order valence-electron chi connectivity index (χ3n) is 7.32. The van der Waals surface area contributed by atoms with Gasteiger partial charge in [0.1, 0.15) is 0 Å². The number of rotatable bonds is 22. The van der Waals surface area contributed by atoms with Crippen LogP contribution in [0.15, 0.2) is 0 Å². The Kier molecular flexibility index (Phi) is 16.4. The van der Waals surface area contributed by atoms with Gasteiger partial charge in [0, 0.05) is 38.5 Å². The molecule has 0 heterocycles. The Morgan fingerprint density at radius 3 is 0.590 bits per heavy atom. The van der Waals surface area contributed by atoms with Crippen LogP contribution < -0.4 is 0 Å². The Hall–Kier alpha value is -0.640. The molecule has 0 aromatic carbocycles. The summed E-state index contributed by atoms with van der Waals surface area (Å²) < 4.78 is 0. The van der Waals surface area contributed by atoms with Gasteiger partial charge in [-0.3, -0.25) is 0 Å². The lowest BCUT2D eigenvalue weighted by Crippen LogP contribution is -2.77. The van der Waals surface area contributed by atoms with Gasteiger partial charge >= 0.3 is 0 Å². The normalized spacial score (nSPS) is 23.4. The first-order valence-electron chi connectivity index (χ1n) is 12.6. The maximum atomic E-state index is 12.1. The average Bonchev–Trinajstić information content (AvgIpc) is 2.87. The third-order valence-corrected chi connectivity index (χ3v) is 7.32. The molecule has 0 aliphatic rings. The average molecular weight is 581 g/mol. The Labute approximate surface area is 225 Å². The largest absolute Gasteiger partial charge is 0.395 e. The van der Waals surface area contributed by atoms with Crippen LogP contribution in [0.4, 0.5) is 0 Å². The van der Waals surface area contributed by atoms with E-state index in [0.29, 0.717) is 0 Å². The molecule has 0 saturated heterocycles. The van der Waals surface area contributed by atoms with Crippen LogP contribution in [0.2, 0.25) is 0 Å². The lowest BCUT2D eigenvalue weighted by atomic mass is 9.47. The second kappa shape index (κ2) is 16.7. The van der Waals surface area contributed by atoms with Gasteiger partial charge in [-0.15, -0.1) is 0 Å². The van der Waals surface area contributed by atoms with Gasteiger partial charge in [0.2, 0.25) is 0 Å². The fraction of sp³-hybridized carbons (Fsp3) is 1.00. The second-order valence-corrected chi connectivity index (χ2v) is 10.4. The lowest BCUT2D eigenvalue weighted by molar-refractivity contribution is -0.324. The maximum absolute atomic E-state index is 12.1.